The van der Waals surface area contributed by atoms with Gasteiger partial charge in [-0.3, -0.25) is 4.79 Å². The second kappa shape index (κ2) is 10.7. The van der Waals surface area contributed by atoms with Crippen LogP contribution in [0.1, 0.15) is 37.5 Å². The first-order chi connectivity index (χ1) is 17.9. The van der Waals surface area contributed by atoms with E-state index in [0.717, 1.165) is 28.6 Å². The fourth-order valence-electron chi connectivity index (χ4n) is 3.94. The Morgan fingerprint density at radius 1 is 0.946 bits per heavy atom. The third-order valence-corrected chi connectivity index (χ3v) is 6.60. The van der Waals surface area contributed by atoms with Gasteiger partial charge in [0.25, 0.3) is 0 Å². The Kier molecular flexibility index (Phi) is 7.17. The van der Waals surface area contributed by atoms with Crippen LogP contribution in [0.4, 0.5) is 5.69 Å². The summed E-state index contributed by atoms with van der Waals surface area (Å²) in [6.07, 6.45) is 4.09. The molecule has 0 saturated heterocycles. The number of fused-ring (bicyclic) bond motifs is 1. The molecule has 2 aromatic heterocycles. The summed E-state index contributed by atoms with van der Waals surface area (Å²) in [6.45, 7) is 4.37. The van der Waals surface area contributed by atoms with Crippen LogP contribution in [0.5, 0.6) is 0 Å². The predicted molar refractivity (Wildman–Crippen MR) is 150 cm³/mol. The molecule has 0 aliphatic heterocycles. The molecule has 0 spiro atoms. The van der Waals surface area contributed by atoms with Crippen LogP contribution in [0.3, 0.4) is 0 Å². The molecule has 0 radical (unpaired) electrons. The van der Waals surface area contributed by atoms with Gasteiger partial charge in [0.1, 0.15) is 17.0 Å². The molecular formula is C30H24Cl2N2O3. The van der Waals surface area contributed by atoms with Gasteiger partial charge in [0.05, 0.1) is 0 Å². The first-order valence-electron chi connectivity index (χ1n) is 11.9. The van der Waals surface area contributed by atoms with Crippen molar-refractivity contribution in [1.29, 1.82) is 0 Å². The maximum Gasteiger partial charge on any atom is 0.248 e. The fourth-order valence-corrected chi connectivity index (χ4v) is 4.47. The van der Waals surface area contributed by atoms with Gasteiger partial charge in [-0.15, -0.1) is 0 Å². The lowest BCUT2D eigenvalue weighted by atomic mass is 9.98. The molecule has 5 aromatic rings. The molecule has 0 aliphatic rings. The molecule has 0 saturated carbocycles. The Hall–Kier alpha value is -3.80. The van der Waals surface area contributed by atoms with Gasteiger partial charge in [-0.05, 0) is 90.7 Å². The van der Waals surface area contributed by atoms with Crippen LogP contribution in [0, 0.1) is 0 Å². The smallest absolute Gasteiger partial charge is 0.248 e. The van der Waals surface area contributed by atoms with Crippen molar-refractivity contribution in [1.82, 2.24) is 4.98 Å². The van der Waals surface area contributed by atoms with E-state index in [-0.39, 0.29) is 5.91 Å². The van der Waals surface area contributed by atoms with Crippen molar-refractivity contribution in [3.63, 3.8) is 0 Å². The molecule has 5 rings (SSSR count). The van der Waals surface area contributed by atoms with Crippen molar-refractivity contribution >= 4 is 52.0 Å². The lowest BCUT2D eigenvalue weighted by Gasteiger charge is -2.07. The minimum atomic E-state index is -0.282. The molecule has 0 aliphatic carbocycles. The van der Waals surface area contributed by atoms with Crippen LogP contribution < -0.4 is 5.32 Å². The number of benzene rings is 3. The van der Waals surface area contributed by atoms with Gasteiger partial charge < -0.3 is 14.2 Å². The topological polar surface area (TPSA) is 68.3 Å². The first-order valence-corrected chi connectivity index (χ1v) is 12.7. The summed E-state index contributed by atoms with van der Waals surface area (Å²) >= 11 is 12.1. The maximum atomic E-state index is 12.4. The minimum absolute atomic E-state index is 0.282. The van der Waals surface area contributed by atoms with Crippen LogP contribution in [-0.2, 0) is 4.79 Å². The summed E-state index contributed by atoms with van der Waals surface area (Å²) in [6, 6.07) is 22.3. The standard InChI is InChI=1S/C30H24Cl2N2O3/c1-3-18(2)20-6-11-28-26(16-20)34-30(37-28)19-4-7-24(8-5-19)33-29(35)13-10-25-9-12-27(36-25)21-14-22(31)17-23(32)15-21/h4-18H,3H2,1-2H3,(H,33,35)/b13-10+. The summed E-state index contributed by atoms with van der Waals surface area (Å²) < 4.78 is 11.7. The van der Waals surface area contributed by atoms with Gasteiger partial charge in [-0.1, -0.05) is 43.1 Å². The van der Waals surface area contributed by atoms with Gasteiger partial charge >= 0.3 is 0 Å². The first kappa shape index (κ1) is 24.9. The van der Waals surface area contributed by atoms with E-state index in [1.807, 2.05) is 30.3 Å². The molecule has 0 fully saturated rings. The molecule has 186 valence electrons. The van der Waals surface area contributed by atoms with Crippen molar-refractivity contribution in [2.45, 2.75) is 26.2 Å². The molecular weight excluding hydrogens is 507 g/mol. The molecule has 1 unspecified atom stereocenters. The number of rotatable bonds is 7. The quantitative estimate of drug-likeness (QED) is 0.213. The number of carbonyl (C=O) groups is 1. The van der Waals surface area contributed by atoms with E-state index in [1.54, 1.807) is 36.4 Å². The zero-order chi connectivity index (χ0) is 25.9. The highest BCUT2D eigenvalue weighted by Crippen LogP contribution is 2.30. The minimum Gasteiger partial charge on any atom is -0.457 e. The summed E-state index contributed by atoms with van der Waals surface area (Å²) in [5.41, 5.74) is 5.09. The van der Waals surface area contributed by atoms with Crippen LogP contribution in [0.15, 0.2) is 87.7 Å². The molecule has 2 heterocycles. The summed E-state index contributed by atoms with van der Waals surface area (Å²) in [7, 11) is 0. The zero-order valence-electron chi connectivity index (χ0n) is 20.3. The lowest BCUT2D eigenvalue weighted by molar-refractivity contribution is -0.111. The highest BCUT2D eigenvalue weighted by Gasteiger charge is 2.11. The second-order valence-corrected chi connectivity index (χ2v) is 9.69. The second-order valence-electron chi connectivity index (χ2n) is 8.82. The number of aromatic nitrogens is 1. The number of anilines is 1. The Balaban J connectivity index is 1.24. The lowest BCUT2D eigenvalue weighted by Crippen LogP contribution is -2.07. The van der Waals surface area contributed by atoms with Gasteiger partial charge in [0.15, 0.2) is 5.58 Å². The van der Waals surface area contributed by atoms with Crippen LogP contribution >= 0.6 is 23.2 Å². The van der Waals surface area contributed by atoms with Gasteiger partial charge in [0.2, 0.25) is 11.8 Å². The third-order valence-electron chi connectivity index (χ3n) is 6.17. The molecule has 7 heteroatoms. The predicted octanol–water partition coefficient (Wildman–Crippen LogP) is 9.23. The summed E-state index contributed by atoms with van der Waals surface area (Å²) in [5, 5.41) is 3.89. The molecule has 1 amide bonds. The van der Waals surface area contributed by atoms with Crippen molar-refractivity contribution in [2.24, 2.45) is 0 Å². The zero-order valence-corrected chi connectivity index (χ0v) is 21.8. The number of nitrogens with zero attached hydrogens (tertiary/aromatic N) is 1. The maximum absolute atomic E-state index is 12.4. The Bertz CT molecular complexity index is 1580. The Morgan fingerprint density at radius 2 is 1.70 bits per heavy atom. The van der Waals surface area contributed by atoms with Crippen LogP contribution in [0.2, 0.25) is 10.0 Å². The van der Waals surface area contributed by atoms with E-state index in [4.69, 9.17) is 32.0 Å². The van der Waals surface area contributed by atoms with E-state index in [0.29, 0.717) is 39.1 Å². The summed E-state index contributed by atoms with van der Waals surface area (Å²) in [5.74, 6) is 1.87. The number of carbonyl (C=O) groups excluding carboxylic acids is 1. The van der Waals surface area contributed by atoms with Crippen molar-refractivity contribution in [2.75, 3.05) is 5.32 Å². The number of nitrogens with one attached hydrogen (secondary N) is 1. The summed E-state index contributed by atoms with van der Waals surface area (Å²) in [4.78, 5) is 17.1. The third kappa shape index (κ3) is 5.79. The van der Waals surface area contributed by atoms with Crippen LogP contribution in [0.25, 0.3) is 40.0 Å². The molecule has 37 heavy (non-hydrogen) atoms. The van der Waals surface area contributed by atoms with Crippen molar-refractivity contribution < 1.29 is 13.6 Å². The molecule has 5 nitrogen and oxygen atoms in total. The number of hydrogen-bond donors (Lipinski definition) is 1. The van der Waals surface area contributed by atoms with E-state index >= 15 is 0 Å². The van der Waals surface area contributed by atoms with E-state index in [9.17, 15) is 4.79 Å². The number of amides is 1. The number of halogens is 2. The average Bonchev–Trinajstić information content (AvgIpc) is 3.54. The van der Waals surface area contributed by atoms with Gasteiger partial charge in [-0.2, -0.15) is 0 Å². The number of furan rings is 1. The molecule has 3 aromatic carbocycles. The van der Waals surface area contributed by atoms with E-state index in [2.05, 4.69) is 36.3 Å². The Labute approximate surface area is 224 Å². The monoisotopic (exact) mass is 530 g/mol. The van der Waals surface area contributed by atoms with Crippen LogP contribution in [-0.4, -0.2) is 10.9 Å². The van der Waals surface area contributed by atoms with E-state index < -0.39 is 0 Å². The fraction of sp³-hybridized carbons (Fsp3) is 0.133. The number of hydrogen-bond acceptors (Lipinski definition) is 4. The number of oxazole rings is 1. The largest absolute Gasteiger partial charge is 0.457 e. The Morgan fingerprint density at radius 3 is 2.43 bits per heavy atom. The highest BCUT2D eigenvalue weighted by atomic mass is 35.5. The highest BCUT2D eigenvalue weighted by molar-refractivity contribution is 6.35. The van der Waals surface area contributed by atoms with Gasteiger partial charge in [0, 0.05) is 32.9 Å². The SMILES string of the molecule is CCC(C)c1ccc2oc(-c3ccc(NC(=O)/C=C/c4ccc(-c5cc(Cl)cc(Cl)c5)o4)cc3)nc2c1. The molecule has 0 bridgehead atoms. The van der Waals surface area contributed by atoms with E-state index in [1.165, 1.54) is 11.6 Å². The molecule has 1 N–H and O–H groups in total. The molecule has 1 atom stereocenters. The average molecular weight is 531 g/mol. The van der Waals surface area contributed by atoms with Gasteiger partial charge in [-0.25, -0.2) is 4.98 Å². The normalized spacial score (nSPS) is 12.3. The van der Waals surface area contributed by atoms with Crippen molar-refractivity contribution in [3.8, 4) is 22.8 Å². The van der Waals surface area contributed by atoms with Crippen molar-refractivity contribution in [3.05, 3.63) is 100 Å².